The van der Waals surface area contributed by atoms with Crippen molar-refractivity contribution in [1.29, 1.82) is 0 Å². The van der Waals surface area contributed by atoms with Gasteiger partial charge in [-0.05, 0) is 47.7 Å². The summed E-state index contributed by atoms with van der Waals surface area (Å²) >= 11 is 11.8. The Bertz CT molecular complexity index is 608. The number of amides is 1. The van der Waals surface area contributed by atoms with Crippen LogP contribution in [0.2, 0.25) is 10.0 Å². The SMILES string of the molecule is CC(C([NH])=O)C(Cc1ccc(Cl)cc1)c1ccc(Cl)cc1. The molecule has 0 bridgehead atoms. The Labute approximate surface area is 134 Å². The number of halogens is 2. The molecular formula is C17H16Cl2NO. The van der Waals surface area contributed by atoms with E-state index in [1.54, 1.807) is 6.92 Å². The van der Waals surface area contributed by atoms with Crippen molar-refractivity contribution < 1.29 is 4.79 Å². The summed E-state index contributed by atoms with van der Waals surface area (Å²) in [6.45, 7) is 1.80. The predicted molar refractivity (Wildman–Crippen MR) is 86.6 cm³/mol. The fourth-order valence-electron chi connectivity index (χ4n) is 2.35. The van der Waals surface area contributed by atoms with Crippen molar-refractivity contribution in [1.82, 2.24) is 5.73 Å². The molecule has 2 aromatic carbocycles. The number of carbonyl (C=O) groups excluding carboxylic acids is 1. The second-order valence-electron chi connectivity index (χ2n) is 5.14. The van der Waals surface area contributed by atoms with Crippen molar-refractivity contribution in [3.63, 3.8) is 0 Å². The lowest BCUT2D eigenvalue weighted by atomic mass is 9.82. The number of rotatable bonds is 5. The zero-order valence-corrected chi connectivity index (χ0v) is 13.2. The average molecular weight is 321 g/mol. The quantitative estimate of drug-likeness (QED) is 0.782. The predicted octanol–water partition coefficient (Wildman–Crippen LogP) is 4.77. The Morgan fingerprint density at radius 1 is 1.00 bits per heavy atom. The summed E-state index contributed by atoms with van der Waals surface area (Å²) in [5, 5.41) is 1.35. The van der Waals surface area contributed by atoms with E-state index in [2.05, 4.69) is 0 Å². The fourth-order valence-corrected chi connectivity index (χ4v) is 2.60. The summed E-state index contributed by atoms with van der Waals surface area (Å²) in [5.41, 5.74) is 9.53. The van der Waals surface area contributed by atoms with E-state index in [1.165, 1.54) is 0 Å². The fraction of sp³-hybridized carbons (Fsp3) is 0.235. The Morgan fingerprint density at radius 2 is 1.48 bits per heavy atom. The molecule has 1 N–H and O–H groups in total. The first-order valence-corrected chi connectivity index (χ1v) is 7.48. The molecular weight excluding hydrogens is 305 g/mol. The van der Waals surface area contributed by atoms with Gasteiger partial charge in [-0.25, -0.2) is 0 Å². The normalized spacial score (nSPS) is 13.7. The van der Waals surface area contributed by atoms with Gasteiger partial charge in [0.15, 0.2) is 0 Å². The van der Waals surface area contributed by atoms with Gasteiger partial charge in [0.1, 0.15) is 0 Å². The van der Waals surface area contributed by atoms with Crippen LogP contribution in [0.5, 0.6) is 0 Å². The summed E-state index contributed by atoms with van der Waals surface area (Å²) in [6, 6.07) is 15.0. The monoisotopic (exact) mass is 320 g/mol. The van der Waals surface area contributed by atoms with Crippen LogP contribution in [0.4, 0.5) is 0 Å². The molecule has 21 heavy (non-hydrogen) atoms. The number of carbonyl (C=O) groups is 1. The molecule has 0 fully saturated rings. The molecule has 0 aliphatic heterocycles. The van der Waals surface area contributed by atoms with Crippen molar-refractivity contribution in [2.24, 2.45) is 5.92 Å². The van der Waals surface area contributed by atoms with Gasteiger partial charge < -0.3 is 0 Å². The Kier molecular flexibility index (Phi) is 5.27. The standard InChI is InChI=1S/C17H16Cl2NO/c1-11(17(20)21)16(13-4-8-15(19)9-5-13)10-12-2-6-14(18)7-3-12/h2-9,11,16,20H,10H2,1H3. The van der Waals surface area contributed by atoms with E-state index < -0.39 is 5.91 Å². The van der Waals surface area contributed by atoms with Gasteiger partial charge in [-0.1, -0.05) is 54.4 Å². The first kappa shape index (κ1) is 15.9. The highest BCUT2D eigenvalue weighted by Gasteiger charge is 2.24. The van der Waals surface area contributed by atoms with E-state index in [-0.39, 0.29) is 11.8 Å². The smallest absolute Gasteiger partial charge is 0.241 e. The van der Waals surface area contributed by atoms with E-state index in [1.807, 2.05) is 48.5 Å². The molecule has 1 amide bonds. The second kappa shape index (κ2) is 6.97. The number of hydrogen-bond acceptors (Lipinski definition) is 1. The van der Waals surface area contributed by atoms with Crippen LogP contribution in [0.1, 0.15) is 24.0 Å². The molecule has 4 heteroatoms. The summed E-state index contributed by atoms with van der Waals surface area (Å²) in [5.74, 6) is -0.973. The van der Waals surface area contributed by atoms with Crippen LogP contribution in [0.15, 0.2) is 48.5 Å². The molecule has 109 valence electrons. The zero-order chi connectivity index (χ0) is 15.4. The van der Waals surface area contributed by atoms with Gasteiger partial charge >= 0.3 is 0 Å². The van der Waals surface area contributed by atoms with Crippen LogP contribution >= 0.6 is 23.2 Å². The minimum absolute atomic E-state index is 0.0477. The van der Waals surface area contributed by atoms with E-state index >= 15 is 0 Å². The molecule has 2 rings (SSSR count). The van der Waals surface area contributed by atoms with E-state index in [4.69, 9.17) is 28.9 Å². The molecule has 0 aliphatic carbocycles. The molecule has 0 spiro atoms. The van der Waals surface area contributed by atoms with Crippen molar-refractivity contribution in [3.05, 3.63) is 69.7 Å². The van der Waals surface area contributed by atoms with Crippen molar-refractivity contribution in [2.45, 2.75) is 19.3 Å². The van der Waals surface area contributed by atoms with E-state index in [0.29, 0.717) is 16.5 Å². The molecule has 2 atom stereocenters. The minimum atomic E-state index is -0.552. The van der Waals surface area contributed by atoms with Crippen molar-refractivity contribution in [2.75, 3.05) is 0 Å². The third-order valence-corrected chi connectivity index (χ3v) is 4.19. The van der Waals surface area contributed by atoms with Gasteiger partial charge in [-0.3, -0.25) is 10.5 Å². The largest absolute Gasteiger partial charge is 0.273 e. The maximum Gasteiger partial charge on any atom is 0.241 e. The van der Waals surface area contributed by atoms with Crippen LogP contribution in [0.3, 0.4) is 0 Å². The average Bonchev–Trinajstić information content (AvgIpc) is 2.47. The topological polar surface area (TPSA) is 40.9 Å². The van der Waals surface area contributed by atoms with Gasteiger partial charge in [0, 0.05) is 16.0 Å². The Hall–Kier alpha value is -1.51. The van der Waals surface area contributed by atoms with Crippen LogP contribution in [-0.2, 0) is 11.2 Å². The maximum atomic E-state index is 11.5. The molecule has 2 aromatic rings. The minimum Gasteiger partial charge on any atom is -0.273 e. The highest BCUT2D eigenvalue weighted by molar-refractivity contribution is 6.30. The van der Waals surface area contributed by atoms with E-state index in [0.717, 1.165) is 11.1 Å². The van der Waals surface area contributed by atoms with E-state index in [9.17, 15) is 4.79 Å². The lowest BCUT2D eigenvalue weighted by molar-refractivity contribution is -0.122. The van der Waals surface area contributed by atoms with Gasteiger partial charge in [-0.15, -0.1) is 0 Å². The highest BCUT2D eigenvalue weighted by Crippen LogP contribution is 2.30. The summed E-state index contributed by atoms with van der Waals surface area (Å²) < 4.78 is 0. The molecule has 2 nitrogen and oxygen atoms in total. The van der Waals surface area contributed by atoms with Gasteiger partial charge in [-0.2, -0.15) is 0 Å². The van der Waals surface area contributed by atoms with Gasteiger partial charge in [0.25, 0.3) is 0 Å². The third kappa shape index (κ3) is 4.23. The van der Waals surface area contributed by atoms with Crippen LogP contribution in [-0.4, -0.2) is 5.91 Å². The second-order valence-corrected chi connectivity index (χ2v) is 6.01. The van der Waals surface area contributed by atoms with Crippen LogP contribution in [0, 0.1) is 5.92 Å². The molecule has 0 saturated carbocycles. The summed E-state index contributed by atoms with van der Waals surface area (Å²) in [4.78, 5) is 11.5. The molecule has 0 saturated heterocycles. The van der Waals surface area contributed by atoms with Gasteiger partial charge in [0.05, 0.1) is 0 Å². The van der Waals surface area contributed by atoms with Crippen LogP contribution in [0.25, 0.3) is 0 Å². The van der Waals surface area contributed by atoms with Crippen LogP contribution < -0.4 is 5.73 Å². The number of hydrogen-bond donors (Lipinski definition) is 0. The number of nitrogens with one attached hydrogen (secondary N) is 1. The Morgan fingerprint density at radius 3 is 1.95 bits per heavy atom. The lowest BCUT2D eigenvalue weighted by Gasteiger charge is -2.22. The first-order chi connectivity index (χ1) is 9.97. The lowest BCUT2D eigenvalue weighted by Crippen LogP contribution is -2.22. The summed E-state index contributed by atoms with van der Waals surface area (Å²) in [7, 11) is 0. The molecule has 1 radical (unpaired) electrons. The van der Waals surface area contributed by atoms with Gasteiger partial charge in [0.2, 0.25) is 5.91 Å². The zero-order valence-electron chi connectivity index (χ0n) is 11.6. The molecule has 0 aliphatic rings. The molecule has 0 heterocycles. The van der Waals surface area contributed by atoms with Crippen molar-refractivity contribution >= 4 is 29.1 Å². The summed E-state index contributed by atoms with van der Waals surface area (Å²) in [6.07, 6.45) is 0.685. The highest BCUT2D eigenvalue weighted by atomic mass is 35.5. The van der Waals surface area contributed by atoms with Crippen molar-refractivity contribution in [3.8, 4) is 0 Å². The maximum absolute atomic E-state index is 11.5. The first-order valence-electron chi connectivity index (χ1n) is 6.72. The number of benzene rings is 2. The molecule has 0 aromatic heterocycles. The Balaban J connectivity index is 2.29. The third-order valence-electron chi connectivity index (χ3n) is 3.68. The molecule has 2 unspecified atom stereocenters.